The monoisotopic (exact) mass is 514 g/mol. The van der Waals surface area contributed by atoms with Crippen molar-refractivity contribution in [1.82, 2.24) is 19.5 Å². The SMILES string of the molecule is CCCCCCCCCCCCC(S)(S)C[P+](=O)CO[C@H](C)Cn1cnc2c(N)ncnc21. The van der Waals surface area contributed by atoms with Crippen molar-refractivity contribution in [2.24, 2.45) is 0 Å². The molecule has 0 spiro atoms. The molecule has 186 valence electrons. The van der Waals surface area contributed by atoms with E-state index in [0.717, 1.165) is 12.8 Å². The number of nitrogens with zero attached hydrogens (tertiary/aromatic N) is 4. The Hall–Kier alpha value is -0.890. The number of ether oxygens (including phenoxy) is 1. The highest BCUT2D eigenvalue weighted by Crippen LogP contribution is 2.37. The van der Waals surface area contributed by atoms with Crippen LogP contribution in [0.15, 0.2) is 12.7 Å². The minimum Gasteiger partial charge on any atom is -0.382 e. The molecular formula is C23H41N5O2PS2+. The lowest BCUT2D eigenvalue weighted by Crippen LogP contribution is -2.19. The predicted octanol–water partition coefficient (Wildman–Crippen LogP) is 6.47. The summed E-state index contributed by atoms with van der Waals surface area (Å²) in [6.45, 7) is 4.74. The fourth-order valence-corrected chi connectivity index (χ4v) is 6.37. The number of anilines is 1. The average molecular weight is 515 g/mol. The lowest BCUT2D eigenvalue weighted by atomic mass is 10.1. The molecule has 0 aromatic carbocycles. The number of unbranched alkanes of at least 4 members (excludes halogenated alkanes) is 9. The van der Waals surface area contributed by atoms with E-state index in [1.54, 1.807) is 6.33 Å². The normalized spacial score (nSPS) is 13.5. The van der Waals surface area contributed by atoms with Crippen LogP contribution in [0.5, 0.6) is 0 Å². The third kappa shape index (κ3) is 10.9. The van der Waals surface area contributed by atoms with E-state index in [1.807, 2.05) is 11.5 Å². The maximum atomic E-state index is 12.6. The topological polar surface area (TPSA) is 95.9 Å². The molecule has 2 N–H and O–H groups in total. The van der Waals surface area contributed by atoms with Crippen LogP contribution >= 0.6 is 33.1 Å². The Bertz CT molecular complexity index is 849. The van der Waals surface area contributed by atoms with Gasteiger partial charge >= 0.3 is 7.80 Å². The number of hydrogen-bond acceptors (Lipinski definition) is 8. The zero-order chi connectivity index (χ0) is 24.1. The van der Waals surface area contributed by atoms with Crippen LogP contribution in [0, 0.1) is 0 Å². The van der Waals surface area contributed by atoms with Crippen LogP contribution in [0.3, 0.4) is 0 Å². The van der Waals surface area contributed by atoms with Gasteiger partial charge in [-0.3, -0.25) is 0 Å². The lowest BCUT2D eigenvalue weighted by Gasteiger charge is -2.17. The van der Waals surface area contributed by atoms with E-state index in [0.29, 0.717) is 29.7 Å². The van der Waals surface area contributed by atoms with E-state index in [4.69, 9.17) is 10.5 Å². The molecule has 2 rings (SSSR count). The first-order valence-corrected chi connectivity index (χ1v) is 14.7. The van der Waals surface area contributed by atoms with Gasteiger partial charge in [0, 0.05) is 0 Å². The molecule has 2 heterocycles. The Kier molecular flexibility index (Phi) is 13.0. The minimum atomic E-state index is -1.54. The van der Waals surface area contributed by atoms with Gasteiger partial charge in [0.05, 0.1) is 23.1 Å². The standard InChI is InChI=1S/C23H40N5O2PS2/c1-3-4-5-6-7-8-9-10-11-12-13-23(32,33)15-31(29)18-30-19(2)14-28-17-27-20-21(24)25-16-26-22(20)28/h16-17,19H,3-15,18H2,1-2H3,(H3-,24,25,26,32,33)/p+1/t19-/m1/s1. The molecule has 0 saturated heterocycles. The second-order valence-corrected chi connectivity index (χ2v) is 12.6. The molecule has 0 aliphatic carbocycles. The summed E-state index contributed by atoms with van der Waals surface area (Å²) in [5.74, 6) is 0.358. The van der Waals surface area contributed by atoms with Crippen LogP contribution < -0.4 is 5.73 Å². The van der Waals surface area contributed by atoms with E-state index in [9.17, 15) is 4.57 Å². The molecule has 0 saturated carbocycles. The van der Waals surface area contributed by atoms with Crippen LogP contribution in [0.2, 0.25) is 0 Å². The zero-order valence-electron chi connectivity index (χ0n) is 20.2. The number of nitrogen functional groups attached to an aromatic ring is 1. The third-order valence-corrected chi connectivity index (χ3v) is 8.34. The lowest BCUT2D eigenvalue weighted by molar-refractivity contribution is 0.0880. The maximum Gasteiger partial charge on any atom is 0.369 e. The molecule has 2 atom stereocenters. The van der Waals surface area contributed by atoms with E-state index < -0.39 is 11.9 Å². The van der Waals surface area contributed by atoms with Crippen molar-refractivity contribution in [1.29, 1.82) is 0 Å². The van der Waals surface area contributed by atoms with E-state index in [2.05, 4.69) is 47.1 Å². The molecule has 10 heteroatoms. The van der Waals surface area contributed by atoms with Gasteiger partial charge in [0.15, 0.2) is 17.6 Å². The average Bonchev–Trinajstić information content (AvgIpc) is 3.17. The molecule has 0 radical (unpaired) electrons. The van der Waals surface area contributed by atoms with E-state index >= 15 is 0 Å². The Morgan fingerprint density at radius 2 is 1.70 bits per heavy atom. The molecular weight excluding hydrogens is 473 g/mol. The second-order valence-electron chi connectivity index (χ2n) is 8.99. The Morgan fingerprint density at radius 3 is 2.36 bits per heavy atom. The minimum absolute atomic E-state index is 0.145. The highest BCUT2D eigenvalue weighted by Gasteiger charge is 2.32. The van der Waals surface area contributed by atoms with Gasteiger partial charge in [-0.1, -0.05) is 75.7 Å². The second kappa shape index (κ2) is 15.2. The molecule has 2 aromatic heterocycles. The Balaban J connectivity index is 1.59. The molecule has 0 aliphatic rings. The highest BCUT2D eigenvalue weighted by molar-refractivity contribution is 8.01. The number of hydrogen-bond donors (Lipinski definition) is 3. The highest BCUT2D eigenvalue weighted by atomic mass is 32.2. The van der Waals surface area contributed by atoms with Crippen molar-refractivity contribution >= 4 is 50.0 Å². The van der Waals surface area contributed by atoms with Crippen molar-refractivity contribution in [3.8, 4) is 0 Å². The summed E-state index contributed by atoms with van der Waals surface area (Å²) in [5.41, 5.74) is 7.08. The zero-order valence-corrected chi connectivity index (χ0v) is 22.8. The van der Waals surface area contributed by atoms with Gasteiger partial charge in [-0.2, -0.15) is 25.3 Å². The molecule has 0 amide bonds. The van der Waals surface area contributed by atoms with Gasteiger partial charge in [0.25, 0.3) is 0 Å². The largest absolute Gasteiger partial charge is 0.382 e. The number of fused-ring (bicyclic) bond motifs is 1. The fourth-order valence-electron chi connectivity index (χ4n) is 3.88. The maximum absolute atomic E-state index is 12.6. The van der Waals surface area contributed by atoms with Crippen LogP contribution in [0.4, 0.5) is 5.82 Å². The first-order valence-electron chi connectivity index (χ1n) is 12.2. The first-order chi connectivity index (χ1) is 15.8. The molecule has 0 bridgehead atoms. The molecule has 7 nitrogen and oxygen atoms in total. The van der Waals surface area contributed by atoms with Gasteiger partial charge < -0.3 is 15.0 Å². The van der Waals surface area contributed by atoms with Gasteiger partial charge in [0.2, 0.25) is 6.35 Å². The van der Waals surface area contributed by atoms with Gasteiger partial charge in [-0.15, -0.1) is 0 Å². The summed E-state index contributed by atoms with van der Waals surface area (Å²) >= 11 is 9.34. The quantitative estimate of drug-likeness (QED) is 0.0914. The van der Waals surface area contributed by atoms with Crippen LogP contribution in [0.25, 0.3) is 11.2 Å². The van der Waals surface area contributed by atoms with Crippen molar-refractivity contribution in [2.75, 3.05) is 18.2 Å². The van der Waals surface area contributed by atoms with Crippen LogP contribution in [-0.2, 0) is 15.8 Å². The van der Waals surface area contributed by atoms with Crippen molar-refractivity contribution in [3.63, 3.8) is 0 Å². The van der Waals surface area contributed by atoms with Crippen molar-refractivity contribution in [3.05, 3.63) is 12.7 Å². The summed E-state index contributed by atoms with van der Waals surface area (Å²) in [5, 5.41) is 0. The van der Waals surface area contributed by atoms with Crippen LogP contribution in [0.1, 0.15) is 84.5 Å². The summed E-state index contributed by atoms with van der Waals surface area (Å²) in [7, 11) is -1.54. The molecule has 1 unspecified atom stereocenters. The van der Waals surface area contributed by atoms with Gasteiger partial charge in [-0.05, 0) is 13.3 Å². The van der Waals surface area contributed by atoms with E-state index in [-0.39, 0.29) is 12.5 Å². The Morgan fingerprint density at radius 1 is 1.06 bits per heavy atom. The van der Waals surface area contributed by atoms with E-state index in [1.165, 1.54) is 64.1 Å². The first kappa shape index (κ1) is 28.3. The molecule has 33 heavy (non-hydrogen) atoms. The predicted molar refractivity (Wildman–Crippen MR) is 145 cm³/mol. The summed E-state index contributed by atoms with van der Waals surface area (Å²) < 4.78 is 19.8. The number of thiol groups is 2. The fraction of sp³-hybridized carbons (Fsp3) is 0.783. The third-order valence-electron chi connectivity index (χ3n) is 5.75. The number of aromatic nitrogens is 4. The smallest absolute Gasteiger partial charge is 0.369 e. The number of imidazole rings is 1. The van der Waals surface area contributed by atoms with Crippen molar-refractivity contribution in [2.45, 2.75) is 101 Å². The van der Waals surface area contributed by atoms with Gasteiger partial charge in [0.1, 0.15) is 11.8 Å². The van der Waals surface area contributed by atoms with Crippen molar-refractivity contribution < 1.29 is 9.30 Å². The summed E-state index contributed by atoms with van der Waals surface area (Å²) in [6, 6.07) is 0. The summed E-state index contributed by atoms with van der Waals surface area (Å²) in [4.78, 5) is 12.5. The van der Waals surface area contributed by atoms with Gasteiger partial charge in [-0.25, -0.2) is 15.0 Å². The number of nitrogens with two attached hydrogens (primary N) is 1. The molecule has 2 aromatic rings. The van der Waals surface area contributed by atoms with Crippen LogP contribution in [-0.4, -0.2) is 42.2 Å². The Labute approximate surface area is 210 Å². The number of rotatable bonds is 18. The molecule has 0 aliphatic heterocycles. The summed E-state index contributed by atoms with van der Waals surface area (Å²) in [6.07, 6.45) is 17.4. The molecule has 0 fully saturated rings.